The molecule has 29 heavy (non-hydrogen) atoms. The minimum absolute atomic E-state index is 0.00127. The highest BCUT2D eigenvalue weighted by Crippen LogP contribution is 2.30. The number of thioether (sulfide) groups is 1. The van der Waals surface area contributed by atoms with E-state index >= 15 is 0 Å². The Balaban J connectivity index is 1.74. The number of benzene rings is 2. The number of hydrogen-bond donors (Lipinski definition) is 0. The van der Waals surface area contributed by atoms with Crippen molar-refractivity contribution in [2.45, 2.75) is 18.9 Å². The Hall–Kier alpha value is -3.30. The number of ether oxygens (including phenoxy) is 1. The predicted molar refractivity (Wildman–Crippen MR) is 115 cm³/mol. The summed E-state index contributed by atoms with van der Waals surface area (Å²) in [5, 5.41) is 10.5. The maximum Gasteiger partial charge on any atom is 0.176 e. The van der Waals surface area contributed by atoms with Gasteiger partial charge in [-0.05, 0) is 49.7 Å². The molecule has 0 aliphatic heterocycles. The molecule has 0 saturated heterocycles. The number of pyridine rings is 1. The van der Waals surface area contributed by atoms with Crippen LogP contribution in [0.4, 0.5) is 0 Å². The van der Waals surface area contributed by atoms with E-state index in [-0.39, 0.29) is 11.5 Å². The molecule has 0 spiro atoms. The summed E-state index contributed by atoms with van der Waals surface area (Å²) in [6.07, 6.45) is 0. The van der Waals surface area contributed by atoms with E-state index in [2.05, 4.69) is 11.1 Å². The number of carbonyl (C=O) groups excluding carboxylic acids is 1. The summed E-state index contributed by atoms with van der Waals surface area (Å²) in [6, 6.07) is 19.3. The largest absolute Gasteiger partial charge is 0.493 e. The van der Waals surface area contributed by atoms with Crippen molar-refractivity contribution in [1.82, 2.24) is 9.38 Å². The molecular weight excluding hydrogens is 382 g/mol. The summed E-state index contributed by atoms with van der Waals surface area (Å²) in [7, 11) is 0. The zero-order valence-electron chi connectivity index (χ0n) is 16.2. The van der Waals surface area contributed by atoms with Gasteiger partial charge in [0.05, 0.1) is 39.5 Å². The maximum absolute atomic E-state index is 12.9. The van der Waals surface area contributed by atoms with Crippen molar-refractivity contribution in [3.63, 3.8) is 0 Å². The number of fused-ring (bicyclic) bond motifs is 3. The molecule has 0 radical (unpaired) electrons. The Morgan fingerprint density at radius 1 is 1.21 bits per heavy atom. The van der Waals surface area contributed by atoms with Crippen molar-refractivity contribution in [1.29, 1.82) is 5.26 Å². The van der Waals surface area contributed by atoms with Crippen molar-refractivity contribution in [3.05, 3.63) is 71.3 Å². The normalized spacial score (nSPS) is 10.9. The topological polar surface area (TPSA) is 67.4 Å². The summed E-state index contributed by atoms with van der Waals surface area (Å²) in [4.78, 5) is 17.5. The third-order valence-corrected chi connectivity index (χ3v) is 5.69. The standard InChI is InChI=1S/C23H19N3O2S/c1-3-28-21-11-7-4-8-16(21)20(27)14-29-22-12-15(2)17(13-24)23-25-18-9-5-6-10-19(18)26(22)23/h4-12H,3,14H2,1-2H3. The molecule has 6 heteroatoms. The van der Waals surface area contributed by atoms with Crippen LogP contribution in [0.5, 0.6) is 5.75 Å². The smallest absolute Gasteiger partial charge is 0.176 e. The number of para-hydroxylation sites is 3. The third kappa shape index (κ3) is 3.45. The summed E-state index contributed by atoms with van der Waals surface area (Å²) >= 11 is 1.44. The van der Waals surface area contributed by atoms with Gasteiger partial charge >= 0.3 is 0 Å². The number of ketones is 1. The third-order valence-electron chi connectivity index (χ3n) is 4.69. The van der Waals surface area contributed by atoms with E-state index in [1.54, 1.807) is 6.07 Å². The molecule has 4 aromatic rings. The number of aryl methyl sites for hydroxylation is 1. The fraction of sp³-hybridized carbons (Fsp3) is 0.174. The summed E-state index contributed by atoms with van der Waals surface area (Å²) in [5.41, 5.74) is 4.35. The van der Waals surface area contributed by atoms with E-state index < -0.39 is 0 Å². The molecule has 0 atom stereocenters. The van der Waals surface area contributed by atoms with Gasteiger partial charge in [0.15, 0.2) is 11.4 Å². The second kappa shape index (κ2) is 7.98. The highest BCUT2D eigenvalue weighted by molar-refractivity contribution is 8.00. The average Bonchev–Trinajstić information content (AvgIpc) is 3.12. The van der Waals surface area contributed by atoms with Gasteiger partial charge in [-0.15, -0.1) is 0 Å². The minimum Gasteiger partial charge on any atom is -0.493 e. The Labute approximate surface area is 172 Å². The van der Waals surface area contributed by atoms with E-state index in [0.29, 0.717) is 29.1 Å². The molecule has 144 valence electrons. The van der Waals surface area contributed by atoms with E-state index in [4.69, 9.17) is 4.74 Å². The molecule has 0 aliphatic carbocycles. The molecule has 2 aromatic carbocycles. The molecule has 0 fully saturated rings. The SMILES string of the molecule is CCOc1ccccc1C(=O)CSc1cc(C)c(C#N)c2nc3ccccc3n12. The number of carbonyl (C=O) groups is 1. The molecule has 0 saturated carbocycles. The van der Waals surface area contributed by atoms with Crippen molar-refractivity contribution in [2.24, 2.45) is 0 Å². The number of aromatic nitrogens is 2. The van der Waals surface area contributed by atoms with Crippen molar-refractivity contribution in [2.75, 3.05) is 12.4 Å². The number of Topliss-reactive ketones (excluding diaryl/α,β-unsaturated/α-hetero) is 1. The van der Waals surface area contributed by atoms with E-state index in [1.807, 2.05) is 66.8 Å². The van der Waals surface area contributed by atoms with Gasteiger partial charge in [-0.3, -0.25) is 9.20 Å². The lowest BCUT2D eigenvalue weighted by Crippen LogP contribution is -2.07. The van der Waals surface area contributed by atoms with Crippen molar-refractivity contribution in [3.8, 4) is 11.8 Å². The lowest BCUT2D eigenvalue weighted by Gasteiger charge is -2.11. The zero-order chi connectivity index (χ0) is 20.4. The van der Waals surface area contributed by atoms with Gasteiger partial charge in [-0.25, -0.2) is 4.98 Å². The Kier molecular flexibility index (Phi) is 5.24. The highest BCUT2D eigenvalue weighted by atomic mass is 32.2. The molecule has 2 aromatic heterocycles. The first-order valence-corrected chi connectivity index (χ1v) is 10.3. The molecule has 0 aliphatic rings. The molecule has 4 rings (SSSR count). The predicted octanol–water partition coefficient (Wildman–Crippen LogP) is 5.04. The van der Waals surface area contributed by atoms with Gasteiger partial charge in [0, 0.05) is 0 Å². The van der Waals surface area contributed by atoms with Gasteiger partial charge in [0.1, 0.15) is 11.8 Å². The van der Waals surface area contributed by atoms with Crippen LogP contribution in [0.1, 0.15) is 28.4 Å². The zero-order valence-corrected chi connectivity index (χ0v) is 17.0. The lowest BCUT2D eigenvalue weighted by molar-refractivity contribution is 0.101. The van der Waals surface area contributed by atoms with Gasteiger partial charge < -0.3 is 4.74 Å². The summed E-state index contributed by atoms with van der Waals surface area (Å²) < 4.78 is 7.56. The van der Waals surface area contributed by atoms with Crippen LogP contribution >= 0.6 is 11.8 Å². The fourth-order valence-electron chi connectivity index (χ4n) is 3.36. The lowest BCUT2D eigenvalue weighted by atomic mass is 10.1. The molecule has 0 unspecified atom stereocenters. The molecule has 0 bridgehead atoms. The molecule has 0 amide bonds. The molecule has 5 nitrogen and oxygen atoms in total. The second-order valence-corrected chi connectivity index (χ2v) is 7.55. The van der Waals surface area contributed by atoms with Crippen LogP contribution in [0, 0.1) is 18.3 Å². The minimum atomic E-state index is -0.00127. The molecule has 0 N–H and O–H groups in total. The first-order chi connectivity index (χ1) is 14.1. The Morgan fingerprint density at radius 3 is 2.76 bits per heavy atom. The van der Waals surface area contributed by atoms with Crippen molar-refractivity contribution >= 4 is 34.2 Å². The van der Waals surface area contributed by atoms with Crippen LogP contribution in [-0.4, -0.2) is 27.5 Å². The van der Waals surface area contributed by atoms with E-state index in [0.717, 1.165) is 21.6 Å². The number of nitrogens with zero attached hydrogens (tertiary/aromatic N) is 3. The van der Waals surface area contributed by atoms with Crippen LogP contribution in [0.25, 0.3) is 16.7 Å². The van der Waals surface area contributed by atoms with Crippen LogP contribution in [0.15, 0.2) is 59.6 Å². The van der Waals surface area contributed by atoms with E-state index in [9.17, 15) is 10.1 Å². The number of nitriles is 1. The maximum atomic E-state index is 12.9. The van der Waals surface area contributed by atoms with Gasteiger partial charge in [-0.2, -0.15) is 5.26 Å². The quantitative estimate of drug-likeness (QED) is 0.334. The van der Waals surface area contributed by atoms with E-state index in [1.165, 1.54) is 11.8 Å². The van der Waals surface area contributed by atoms with Crippen LogP contribution in [0.3, 0.4) is 0 Å². The monoisotopic (exact) mass is 401 g/mol. The van der Waals surface area contributed by atoms with Gasteiger partial charge in [0.2, 0.25) is 0 Å². The summed E-state index contributed by atoms with van der Waals surface area (Å²) in [5.74, 6) is 0.866. The first kappa shape index (κ1) is 19.0. The molecular formula is C23H19N3O2S. The van der Waals surface area contributed by atoms with Crippen LogP contribution < -0.4 is 4.74 Å². The van der Waals surface area contributed by atoms with Crippen LogP contribution in [0.2, 0.25) is 0 Å². The average molecular weight is 401 g/mol. The summed E-state index contributed by atoms with van der Waals surface area (Å²) in [6.45, 7) is 4.30. The second-order valence-electron chi connectivity index (χ2n) is 6.55. The van der Waals surface area contributed by atoms with Crippen molar-refractivity contribution < 1.29 is 9.53 Å². The first-order valence-electron chi connectivity index (χ1n) is 9.32. The number of rotatable bonds is 6. The number of imidazole rings is 1. The number of hydrogen-bond acceptors (Lipinski definition) is 5. The van der Waals surface area contributed by atoms with Gasteiger partial charge in [0.25, 0.3) is 0 Å². The highest BCUT2D eigenvalue weighted by Gasteiger charge is 2.17. The fourth-order valence-corrected chi connectivity index (χ4v) is 4.36. The van der Waals surface area contributed by atoms with Gasteiger partial charge in [-0.1, -0.05) is 36.0 Å². The Morgan fingerprint density at radius 2 is 1.97 bits per heavy atom. The Bertz CT molecular complexity index is 1270. The molecule has 2 heterocycles. The van der Waals surface area contributed by atoms with Crippen LogP contribution in [-0.2, 0) is 0 Å².